The lowest BCUT2D eigenvalue weighted by atomic mass is 10.0. The third kappa shape index (κ3) is 6.64. The molecule has 0 amide bonds. The van der Waals surface area contributed by atoms with Crippen LogP contribution in [0.15, 0.2) is 51.9 Å². The van der Waals surface area contributed by atoms with Crippen LogP contribution in [0.2, 0.25) is 0 Å². The number of hydrogen-bond donors (Lipinski definition) is 3. The highest BCUT2D eigenvalue weighted by atomic mass is 16.4. The Bertz CT molecular complexity index is 710. The van der Waals surface area contributed by atoms with Gasteiger partial charge in [0.05, 0.1) is 6.54 Å². The summed E-state index contributed by atoms with van der Waals surface area (Å²) in [5.74, 6) is 2.01. The van der Waals surface area contributed by atoms with Crippen LogP contribution in [0, 0.1) is 6.92 Å². The zero-order valence-corrected chi connectivity index (χ0v) is 16.8. The van der Waals surface area contributed by atoms with Gasteiger partial charge in [-0.3, -0.25) is 0 Å². The molecule has 0 bridgehead atoms. The summed E-state index contributed by atoms with van der Waals surface area (Å²) in [5.41, 5.74) is 0.0762. The molecule has 6 heteroatoms. The smallest absolute Gasteiger partial charge is 0.191 e. The number of rotatable bonds is 9. The summed E-state index contributed by atoms with van der Waals surface area (Å²) in [5, 5.41) is 17.2. The Morgan fingerprint density at radius 1 is 1.19 bits per heavy atom. The Kier molecular flexibility index (Phi) is 7.73. The van der Waals surface area contributed by atoms with Crippen LogP contribution in [0.25, 0.3) is 0 Å². The van der Waals surface area contributed by atoms with Crippen LogP contribution in [0.5, 0.6) is 0 Å². The van der Waals surface area contributed by atoms with E-state index in [1.54, 1.807) is 13.0 Å². The zero-order chi connectivity index (χ0) is 19.7. The molecule has 0 aliphatic rings. The maximum atomic E-state index is 10.6. The first kappa shape index (κ1) is 20.8. The number of anilines is 1. The normalized spacial score (nSPS) is 13.9. The third-order valence-electron chi connectivity index (χ3n) is 4.32. The van der Waals surface area contributed by atoms with Crippen molar-refractivity contribution in [3.05, 3.63) is 54.0 Å². The van der Waals surface area contributed by atoms with Gasteiger partial charge in [-0.05, 0) is 51.5 Å². The Morgan fingerprint density at radius 3 is 2.56 bits per heavy atom. The van der Waals surface area contributed by atoms with Crippen LogP contribution in [0.3, 0.4) is 0 Å². The Labute approximate surface area is 162 Å². The molecule has 0 saturated heterocycles. The van der Waals surface area contributed by atoms with Gasteiger partial charge in [0.2, 0.25) is 0 Å². The number of nitrogens with zero attached hydrogens (tertiary/aromatic N) is 2. The molecule has 1 unspecified atom stereocenters. The number of aliphatic hydroxyl groups is 1. The number of furan rings is 1. The van der Waals surface area contributed by atoms with Crippen molar-refractivity contribution in [3.8, 4) is 0 Å². The average Bonchev–Trinajstić information content (AvgIpc) is 3.11. The first-order chi connectivity index (χ1) is 12.9. The van der Waals surface area contributed by atoms with Gasteiger partial charge >= 0.3 is 0 Å². The monoisotopic (exact) mass is 372 g/mol. The van der Waals surface area contributed by atoms with E-state index < -0.39 is 5.60 Å². The lowest BCUT2D eigenvalue weighted by Crippen LogP contribution is -2.40. The van der Waals surface area contributed by atoms with E-state index in [0.29, 0.717) is 11.7 Å². The van der Waals surface area contributed by atoms with Crippen molar-refractivity contribution in [2.45, 2.75) is 32.8 Å². The van der Waals surface area contributed by atoms with Gasteiger partial charge < -0.3 is 25.1 Å². The lowest BCUT2D eigenvalue weighted by molar-refractivity contribution is 0.0428. The summed E-state index contributed by atoms with van der Waals surface area (Å²) in [6.45, 7) is 8.32. The van der Waals surface area contributed by atoms with E-state index >= 15 is 0 Å². The van der Waals surface area contributed by atoms with Crippen molar-refractivity contribution >= 4 is 11.6 Å². The average molecular weight is 373 g/mol. The summed E-state index contributed by atoms with van der Waals surface area (Å²) >= 11 is 0. The summed E-state index contributed by atoms with van der Waals surface area (Å²) in [6, 6.07) is 14.0. The van der Waals surface area contributed by atoms with Gasteiger partial charge in [-0.2, -0.15) is 0 Å². The molecule has 0 radical (unpaired) electrons. The number of hydrogen-bond acceptors (Lipinski definition) is 4. The van der Waals surface area contributed by atoms with Gasteiger partial charge in [-0.25, -0.2) is 4.99 Å². The van der Waals surface area contributed by atoms with Gasteiger partial charge in [-0.15, -0.1) is 0 Å². The minimum Gasteiger partial charge on any atom is -0.463 e. The second-order valence-electron chi connectivity index (χ2n) is 6.92. The van der Waals surface area contributed by atoms with Crippen LogP contribution < -0.4 is 15.5 Å². The highest BCUT2D eigenvalue weighted by molar-refractivity contribution is 5.79. The predicted octanol–water partition coefficient (Wildman–Crippen LogP) is 2.88. The number of aliphatic imine (C=N–C) groups is 1. The maximum Gasteiger partial charge on any atom is 0.191 e. The van der Waals surface area contributed by atoms with Gasteiger partial charge in [0.15, 0.2) is 5.96 Å². The molecule has 148 valence electrons. The van der Waals surface area contributed by atoms with E-state index in [2.05, 4.69) is 39.7 Å². The van der Waals surface area contributed by atoms with Crippen LogP contribution >= 0.6 is 0 Å². The minimum atomic E-state index is -1.13. The van der Waals surface area contributed by atoms with Crippen LogP contribution in [-0.4, -0.2) is 44.3 Å². The third-order valence-corrected chi connectivity index (χ3v) is 4.32. The molecule has 1 atom stereocenters. The van der Waals surface area contributed by atoms with E-state index in [1.807, 2.05) is 38.1 Å². The van der Waals surface area contributed by atoms with Crippen molar-refractivity contribution in [2.24, 2.45) is 4.99 Å². The molecule has 2 aromatic rings. The van der Waals surface area contributed by atoms with E-state index in [9.17, 15) is 5.11 Å². The SMILES string of the molecule is CCNC(=NCC(C)(O)c1ccc(C)o1)NCCCN(C)c1ccccc1. The second-order valence-corrected chi connectivity index (χ2v) is 6.92. The van der Waals surface area contributed by atoms with Crippen LogP contribution in [0.1, 0.15) is 31.8 Å². The first-order valence-electron chi connectivity index (χ1n) is 9.50. The number of para-hydroxylation sites is 1. The van der Waals surface area contributed by atoms with Crippen molar-refractivity contribution in [2.75, 3.05) is 38.1 Å². The molecule has 3 N–H and O–H groups in total. The molecule has 1 heterocycles. The van der Waals surface area contributed by atoms with Gasteiger partial charge in [0.25, 0.3) is 0 Å². The zero-order valence-electron chi connectivity index (χ0n) is 16.8. The molecule has 6 nitrogen and oxygen atoms in total. The highest BCUT2D eigenvalue weighted by Gasteiger charge is 2.26. The minimum absolute atomic E-state index is 0.221. The first-order valence-corrected chi connectivity index (χ1v) is 9.50. The molecule has 0 fully saturated rings. The van der Waals surface area contributed by atoms with Crippen molar-refractivity contribution in [3.63, 3.8) is 0 Å². The summed E-state index contributed by atoms with van der Waals surface area (Å²) in [4.78, 5) is 6.75. The quantitative estimate of drug-likeness (QED) is 0.359. The van der Waals surface area contributed by atoms with Crippen LogP contribution in [0.4, 0.5) is 5.69 Å². The predicted molar refractivity (Wildman–Crippen MR) is 111 cm³/mol. The molecular formula is C21H32N4O2. The fraction of sp³-hybridized carbons (Fsp3) is 0.476. The molecule has 0 aliphatic heterocycles. The second kappa shape index (κ2) is 10.0. The molecule has 0 aliphatic carbocycles. The molecule has 27 heavy (non-hydrogen) atoms. The molecule has 0 saturated carbocycles. The summed E-state index contributed by atoms with van der Waals surface area (Å²) < 4.78 is 5.54. The van der Waals surface area contributed by atoms with Crippen molar-refractivity contribution in [1.29, 1.82) is 0 Å². The van der Waals surface area contributed by atoms with E-state index in [-0.39, 0.29) is 6.54 Å². The number of nitrogens with one attached hydrogen (secondary N) is 2. The topological polar surface area (TPSA) is 73.0 Å². The van der Waals surface area contributed by atoms with E-state index in [4.69, 9.17) is 4.42 Å². The highest BCUT2D eigenvalue weighted by Crippen LogP contribution is 2.23. The Morgan fingerprint density at radius 2 is 1.93 bits per heavy atom. The fourth-order valence-electron chi connectivity index (χ4n) is 2.71. The van der Waals surface area contributed by atoms with Gasteiger partial charge in [0, 0.05) is 32.4 Å². The fourth-order valence-corrected chi connectivity index (χ4v) is 2.71. The number of aryl methyl sites for hydroxylation is 1. The molecule has 1 aromatic heterocycles. The number of guanidine groups is 1. The van der Waals surface area contributed by atoms with Crippen molar-refractivity contribution in [1.82, 2.24) is 10.6 Å². The van der Waals surface area contributed by atoms with Gasteiger partial charge in [0.1, 0.15) is 17.1 Å². The lowest BCUT2D eigenvalue weighted by Gasteiger charge is -2.21. The summed E-state index contributed by atoms with van der Waals surface area (Å²) in [6.07, 6.45) is 0.976. The molecule has 1 aromatic carbocycles. The van der Waals surface area contributed by atoms with Gasteiger partial charge in [-0.1, -0.05) is 18.2 Å². The van der Waals surface area contributed by atoms with E-state index in [0.717, 1.165) is 31.8 Å². The molecular weight excluding hydrogens is 340 g/mol. The molecule has 0 spiro atoms. The largest absolute Gasteiger partial charge is 0.463 e. The standard InChI is InChI=1S/C21H32N4O2/c1-5-22-20(24-16-21(3,26)19-13-12-17(2)27-19)23-14-9-15-25(4)18-10-7-6-8-11-18/h6-8,10-13,26H,5,9,14-16H2,1-4H3,(H2,22,23,24). The summed E-state index contributed by atoms with van der Waals surface area (Å²) in [7, 11) is 2.09. The number of benzene rings is 1. The van der Waals surface area contributed by atoms with Crippen LogP contribution in [-0.2, 0) is 5.60 Å². The van der Waals surface area contributed by atoms with E-state index in [1.165, 1.54) is 5.69 Å². The molecule has 2 rings (SSSR count). The maximum absolute atomic E-state index is 10.6. The van der Waals surface area contributed by atoms with Crippen molar-refractivity contribution < 1.29 is 9.52 Å². The Hall–Kier alpha value is -2.47. The Balaban J connectivity index is 1.83.